The highest BCUT2D eigenvalue weighted by atomic mass is 16.5. The van der Waals surface area contributed by atoms with Gasteiger partial charge in [0.2, 0.25) is 5.91 Å². The molecule has 1 N–H and O–H groups in total. The molecule has 1 rings (SSSR count). The number of methoxy groups -OCH3 is 1. The van der Waals surface area contributed by atoms with Gasteiger partial charge in [-0.3, -0.25) is 4.79 Å². The van der Waals surface area contributed by atoms with Crippen molar-refractivity contribution in [3.8, 4) is 0 Å². The minimum atomic E-state index is -0.560. The summed E-state index contributed by atoms with van der Waals surface area (Å²) in [4.78, 5) is 24.3. The Morgan fingerprint density at radius 3 is 2.87 bits per heavy atom. The molecule has 15 heavy (non-hydrogen) atoms. The van der Waals surface area contributed by atoms with Crippen LogP contribution in [0.25, 0.3) is 0 Å². The molecule has 86 valence electrons. The molecule has 1 aliphatic rings. The van der Waals surface area contributed by atoms with Gasteiger partial charge in [-0.25, -0.2) is 4.79 Å². The zero-order chi connectivity index (χ0) is 11.3. The average molecular weight is 214 g/mol. The van der Waals surface area contributed by atoms with Crippen molar-refractivity contribution in [2.45, 2.75) is 32.2 Å². The minimum absolute atomic E-state index is 0.0234. The van der Waals surface area contributed by atoms with E-state index in [1.165, 1.54) is 7.11 Å². The normalized spacial score (nSPS) is 20.1. The first-order valence-corrected chi connectivity index (χ1v) is 5.30. The summed E-state index contributed by atoms with van der Waals surface area (Å²) in [5.74, 6) is -0.0234. The third-order valence-electron chi connectivity index (χ3n) is 2.74. The number of likely N-dealkylation sites (tertiary alicyclic amines) is 1. The molecule has 1 saturated heterocycles. The number of rotatable bonds is 3. The molecule has 0 saturated carbocycles. The van der Waals surface area contributed by atoms with Crippen molar-refractivity contribution in [1.29, 1.82) is 0 Å². The maximum Gasteiger partial charge on any atom is 0.407 e. The second kappa shape index (κ2) is 5.58. The topological polar surface area (TPSA) is 58.6 Å². The third kappa shape index (κ3) is 3.11. The van der Waals surface area contributed by atoms with Gasteiger partial charge in [0.15, 0.2) is 0 Å². The van der Waals surface area contributed by atoms with Crippen molar-refractivity contribution in [3.63, 3.8) is 0 Å². The first-order chi connectivity index (χ1) is 7.19. The van der Waals surface area contributed by atoms with Crippen LogP contribution in [0.4, 0.5) is 4.79 Å². The molecular formula is C10H18N2O3. The van der Waals surface area contributed by atoms with Crippen molar-refractivity contribution in [2.24, 2.45) is 0 Å². The van der Waals surface area contributed by atoms with E-state index in [-0.39, 0.29) is 12.5 Å². The van der Waals surface area contributed by atoms with E-state index in [4.69, 9.17) is 0 Å². The summed E-state index contributed by atoms with van der Waals surface area (Å²) >= 11 is 0. The Balaban J connectivity index is 2.36. The van der Waals surface area contributed by atoms with Crippen LogP contribution in [0, 0.1) is 0 Å². The summed E-state index contributed by atoms with van der Waals surface area (Å²) in [7, 11) is 1.28. The standard InChI is InChI=1S/C10H18N2O3/c1-3-8-5-4-6-12(8)9(13)7-11-10(14)15-2/h8H,3-7H2,1-2H3,(H,11,14). The molecule has 1 atom stereocenters. The van der Waals surface area contributed by atoms with E-state index in [0.717, 1.165) is 25.8 Å². The number of hydrogen-bond acceptors (Lipinski definition) is 3. The number of nitrogens with one attached hydrogen (secondary N) is 1. The molecule has 0 spiro atoms. The number of hydrogen-bond donors (Lipinski definition) is 1. The molecular weight excluding hydrogens is 196 g/mol. The van der Waals surface area contributed by atoms with E-state index in [1.807, 2.05) is 4.90 Å². The molecule has 0 aromatic heterocycles. The van der Waals surface area contributed by atoms with Crippen molar-refractivity contribution in [2.75, 3.05) is 20.2 Å². The maximum absolute atomic E-state index is 11.7. The lowest BCUT2D eigenvalue weighted by molar-refractivity contribution is -0.131. The second-order valence-corrected chi connectivity index (χ2v) is 3.64. The van der Waals surface area contributed by atoms with Crippen LogP contribution >= 0.6 is 0 Å². The van der Waals surface area contributed by atoms with Gasteiger partial charge in [-0.15, -0.1) is 0 Å². The maximum atomic E-state index is 11.7. The number of carbonyl (C=O) groups excluding carboxylic acids is 2. The lowest BCUT2D eigenvalue weighted by atomic mass is 10.2. The highest BCUT2D eigenvalue weighted by Crippen LogP contribution is 2.19. The number of carbonyl (C=O) groups is 2. The molecule has 5 nitrogen and oxygen atoms in total. The molecule has 0 aliphatic carbocycles. The molecule has 2 amide bonds. The number of amides is 2. The predicted octanol–water partition coefficient (Wildman–Crippen LogP) is 0.743. The van der Waals surface area contributed by atoms with Crippen molar-refractivity contribution in [1.82, 2.24) is 10.2 Å². The monoisotopic (exact) mass is 214 g/mol. The number of ether oxygens (including phenoxy) is 1. The summed E-state index contributed by atoms with van der Waals surface area (Å²) in [6.07, 6.45) is 2.54. The van der Waals surface area contributed by atoms with Gasteiger partial charge in [0.25, 0.3) is 0 Å². The van der Waals surface area contributed by atoms with Crippen molar-refractivity contribution in [3.05, 3.63) is 0 Å². The van der Waals surface area contributed by atoms with Crippen LogP contribution in [0.3, 0.4) is 0 Å². The molecule has 0 aromatic carbocycles. The Kier molecular flexibility index (Phi) is 4.39. The summed E-state index contributed by atoms with van der Waals surface area (Å²) in [6.45, 7) is 2.91. The highest BCUT2D eigenvalue weighted by molar-refractivity contribution is 5.82. The highest BCUT2D eigenvalue weighted by Gasteiger charge is 2.26. The van der Waals surface area contributed by atoms with Crippen LogP contribution in [0.1, 0.15) is 26.2 Å². The molecule has 5 heteroatoms. The molecule has 0 bridgehead atoms. The van der Waals surface area contributed by atoms with Crippen LogP contribution in [-0.2, 0) is 9.53 Å². The predicted molar refractivity (Wildman–Crippen MR) is 55.4 cm³/mol. The van der Waals surface area contributed by atoms with E-state index in [2.05, 4.69) is 17.0 Å². The first-order valence-electron chi connectivity index (χ1n) is 5.30. The Bertz CT molecular complexity index is 243. The van der Waals surface area contributed by atoms with Gasteiger partial charge in [0, 0.05) is 12.6 Å². The van der Waals surface area contributed by atoms with E-state index in [9.17, 15) is 9.59 Å². The van der Waals surface area contributed by atoms with Crippen LogP contribution in [0.2, 0.25) is 0 Å². The SMILES string of the molecule is CCC1CCCN1C(=O)CNC(=O)OC. The lowest BCUT2D eigenvalue weighted by Crippen LogP contribution is -2.42. The first kappa shape index (κ1) is 11.8. The third-order valence-corrected chi connectivity index (χ3v) is 2.74. The molecule has 1 unspecified atom stereocenters. The fourth-order valence-electron chi connectivity index (χ4n) is 1.91. The van der Waals surface area contributed by atoms with Crippen LogP contribution in [0.5, 0.6) is 0 Å². The second-order valence-electron chi connectivity index (χ2n) is 3.64. The Morgan fingerprint density at radius 1 is 1.53 bits per heavy atom. The van der Waals surface area contributed by atoms with Gasteiger partial charge in [-0.05, 0) is 19.3 Å². The smallest absolute Gasteiger partial charge is 0.407 e. The van der Waals surface area contributed by atoms with Gasteiger partial charge in [-0.1, -0.05) is 6.92 Å². The van der Waals surface area contributed by atoms with E-state index < -0.39 is 6.09 Å². The van der Waals surface area contributed by atoms with Crippen LogP contribution in [0.15, 0.2) is 0 Å². The molecule has 0 aromatic rings. The Hall–Kier alpha value is -1.26. The largest absolute Gasteiger partial charge is 0.453 e. The van der Waals surface area contributed by atoms with Crippen molar-refractivity contribution >= 4 is 12.0 Å². The van der Waals surface area contributed by atoms with Gasteiger partial charge in [0.1, 0.15) is 6.54 Å². The summed E-state index contributed by atoms with van der Waals surface area (Å²) in [6, 6.07) is 0.344. The lowest BCUT2D eigenvalue weighted by Gasteiger charge is -2.23. The minimum Gasteiger partial charge on any atom is -0.453 e. The van der Waals surface area contributed by atoms with Crippen molar-refractivity contribution < 1.29 is 14.3 Å². The summed E-state index contributed by atoms with van der Waals surface area (Å²) in [5, 5.41) is 2.40. The van der Waals surface area contributed by atoms with Gasteiger partial charge >= 0.3 is 6.09 Å². The average Bonchev–Trinajstić information content (AvgIpc) is 2.73. The Labute approximate surface area is 89.8 Å². The zero-order valence-electron chi connectivity index (χ0n) is 9.28. The van der Waals surface area contributed by atoms with Crippen LogP contribution in [-0.4, -0.2) is 43.1 Å². The van der Waals surface area contributed by atoms with Gasteiger partial charge in [0.05, 0.1) is 7.11 Å². The molecule has 1 aliphatic heterocycles. The number of nitrogens with zero attached hydrogens (tertiary/aromatic N) is 1. The fourth-order valence-corrected chi connectivity index (χ4v) is 1.91. The molecule has 1 heterocycles. The summed E-state index contributed by atoms with van der Waals surface area (Å²) < 4.78 is 4.40. The number of alkyl carbamates (subject to hydrolysis) is 1. The summed E-state index contributed by atoms with van der Waals surface area (Å²) in [5.41, 5.74) is 0. The molecule has 0 radical (unpaired) electrons. The quantitative estimate of drug-likeness (QED) is 0.754. The Morgan fingerprint density at radius 2 is 2.27 bits per heavy atom. The van der Waals surface area contributed by atoms with Crippen LogP contribution < -0.4 is 5.32 Å². The van der Waals surface area contributed by atoms with E-state index >= 15 is 0 Å². The fraction of sp³-hybridized carbons (Fsp3) is 0.800. The van der Waals surface area contributed by atoms with Gasteiger partial charge in [-0.2, -0.15) is 0 Å². The van der Waals surface area contributed by atoms with Gasteiger partial charge < -0.3 is 15.0 Å². The van der Waals surface area contributed by atoms with E-state index in [1.54, 1.807) is 0 Å². The molecule has 1 fully saturated rings. The zero-order valence-corrected chi connectivity index (χ0v) is 9.28. The van der Waals surface area contributed by atoms with E-state index in [0.29, 0.717) is 6.04 Å².